The maximum atomic E-state index is 15.0. The summed E-state index contributed by atoms with van der Waals surface area (Å²) in [5, 5.41) is 4.97. The van der Waals surface area contributed by atoms with Gasteiger partial charge in [-0.2, -0.15) is 13.2 Å². The Morgan fingerprint density at radius 2 is 1.62 bits per heavy atom. The van der Waals surface area contributed by atoms with Crippen molar-refractivity contribution in [1.82, 2.24) is 9.97 Å². The van der Waals surface area contributed by atoms with Crippen LogP contribution in [-0.4, -0.2) is 30.1 Å². The third-order valence-electron chi connectivity index (χ3n) is 5.81. The van der Waals surface area contributed by atoms with Crippen LogP contribution < -0.4 is 19.5 Å². The molecule has 0 aliphatic carbocycles. The van der Waals surface area contributed by atoms with Gasteiger partial charge in [0.25, 0.3) is 5.91 Å². The number of methoxy groups -OCH3 is 2. The van der Waals surface area contributed by atoms with E-state index < -0.39 is 23.5 Å². The average Bonchev–Trinajstić information content (AvgIpc) is 3.44. The highest BCUT2D eigenvalue weighted by Gasteiger charge is 2.30. The van der Waals surface area contributed by atoms with E-state index in [4.69, 9.17) is 14.2 Å². The normalized spacial score (nSPS) is 11.3. The maximum absolute atomic E-state index is 15.0. The monoisotopic (exact) mass is 569 g/mol. The van der Waals surface area contributed by atoms with Crippen LogP contribution in [0.15, 0.2) is 72.2 Å². The molecule has 0 aliphatic heterocycles. The molecule has 5 rings (SSSR count). The molecule has 0 saturated heterocycles. The fourth-order valence-corrected chi connectivity index (χ4v) is 4.63. The first kappa shape index (κ1) is 26.9. The summed E-state index contributed by atoms with van der Waals surface area (Å²) in [6.45, 7) is 0. The number of pyridine rings is 1. The number of amides is 1. The first-order valence-corrected chi connectivity index (χ1v) is 12.5. The standard InChI is InChI=1S/C28H19F4N3O4S/c1-37-24-12-18-20(13-25(24)38-2)33-10-9-22(18)39-23-8-7-17(11-19(23)29)34-26(36)21-14-40-27(35-21)15-3-5-16(6-4-15)28(30,31)32/h3-14H,1-2H3,(H,34,36). The molecule has 0 spiro atoms. The summed E-state index contributed by atoms with van der Waals surface area (Å²) in [7, 11) is 3.00. The number of aromatic nitrogens is 2. The molecule has 0 unspecified atom stereocenters. The zero-order valence-corrected chi connectivity index (χ0v) is 21.7. The van der Waals surface area contributed by atoms with Crippen LogP contribution in [0.3, 0.4) is 0 Å². The lowest BCUT2D eigenvalue weighted by atomic mass is 10.1. The predicted molar refractivity (Wildman–Crippen MR) is 142 cm³/mol. The van der Waals surface area contributed by atoms with E-state index in [0.717, 1.165) is 29.5 Å². The Kier molecular flexibility index (Phi) is 7.26. The van der Waals surface area contributed by atoms with Gasteiger partial charge in [0.1, 0.15) is 16.5 Å². The topological polar surface area (TPSA) is 82.6 Å². The van der Waals surface area contributed by atoms with Gasteiger partial charge in [-0.15, -0.1) is 11.3 Å². The fraction of sp³-hybridized carbons (Fsp3) is 0.107. The van der Waals surface area contributed by atoms with Gasteiger partial charge in [-0.1, -0.05) is 12.1 Å². The highest BCUT2D eigenvalue weighted by molar-refractivity contribution is 7.13. The Hall–Kier alpha value is -4.71. The van der Waals surface area contributed by atoms with Crippen molar-refractivity contribution in [2.45, 2.75) is 6.18 Å². The lowest BCUT2D eigenvalue weighted by Gasteiger charge is -2.13. The highest BCUT2D eigenvalue weighted by atomic mass is 32.1. The molecular formula is C28H19F4N3O4S. The molecule has 204 valence electrons. The Balaban J connectivity index is 1.31. The van der Waals surface area contributed by atoms with E-state index >= 15 is 0 Å². The molecule has 0 saturated carbocycles. The minimum atomic E-state index is -4.45. The molecule has 2 aromatic heterocycles. The van der Waals surface area contributed by atoms with E-state index in [1.54, 1.807) is 18.2 Å². The fourth-order valence-electron chi connectivity index (χ4n) is 3.82. The zero-order chi connectivity index (χ0) is 28.4. The number of nitrogens with zero attached hydrogens (tertiary/aromatic N) is 2. The number of carbonyl (C=O) groups is 1. The van der Waals surface area contributed by atoms with Crippen molar-refractivity contribution in [2.24, 2.45) is 0 Å². The number of halogens is 4. The number of nitrogens with one attached hydrogen (secondary N) is 1. The smallest absolute Gasteiger partial charge is 0.416 e. The zero-order valence-electron chi connectivity index (χ0n) is 20.9. The van der Waals surface area contributed by atoms with Crippen molar-refractivity contribution in [1.29, 1.82) is 0 Å². The van der Waals surface area contributed by atoms with E-state index in [-0.39, 0.29) is 17.1 Å². The summed E-state index contributed by atoms with van der Waals surface area (Å²) in [6.07, 6.45) is -2.93. The first-order valence-electron chi connectivity index (χ1n) is 11.6. The third kappa shape index (κ3) is 5.52. The van der Waals surface area contributed by atoms with Crippen LogP contribution in [0.4, 0.5) is 23.2 Å². The largest absolute Gasteiger partial charge is 0.493 e. The molecule has 0 radical (unpaired) electrons. The lowest BCUT2D eigenvalue weighted by molar-refractivity contribution is -0.137. The van der Waals surface area contributed by atoms with Crippen molar-refractivity contribution >= 4 is 33.8 Å². The molecule has 1 N–H and O–H groups in total. The molecular weight excluding hydrogens is 550 g/mol. The molecule has 0 fully saturated rings. The Bertz CT molecular complexity index is 1700. The van der Waals surface area contributed by atoms with Crippen molar-refractivity contribution < 1.29 is 36.6 Å². The number of hydrogen-bond donors (Lipinski definition) is 1. The second-order valence-electron chi connectivity index (χ2n) is 8.35. The van der Waals surface area contributed by atoms with Crippen LogP contribution >= 0.6 is 11.3 Å². The SMILES string of the molecule is COc1cc2nccc(Oc3ccc(NC(=O)c4csc(-c5ccc(C(F)(F)F)cc5)n4)cc3F)c2cc1OC. The van der Waals surface area contributed by atoms with Crippen molar-refractivity contribution in [3.63, 3.8) is 0 Å². The summed E-state index contributed by atoms with van der Waals surface area (Å²) in [5.74, 6) is -0.151. The third-order valence-corrected chi connectivity index (χ3v) is 6.70. The summed E-state index contributed by atoms with van der Waals surface area (Å²) in [5.41, 5.74) is 0.401. The summed E-state index contributed by atoms with van der Waals surface area (Å²) >= 11 is 1.10. The number of hydrogen-bond acceptors (Lipinski definition) is 7. The molecule has 0 atom stereocenters. The molecule has 1 amide bonds. The molecule has 7 nitrogen and oxygen atoms in total. The van der Waals surface area contributed by atoms with Crippen LogP contribution in [-0.2, 0) is 6.18 Å². The van der Waals surface area contributed by atoms with Crippen LogP contribution in [0.5, 0.6) is 23.0 Å². The van der Waals surface area contributed by atoms with E-state index in [1.165, 1.54) is 50.1 Å². The maximum Gasteiger partial charge on any atom is 0.416 e. The van der Waals surface area contributed by atoms with Gasteiger partial charge < -0.3 is 19.5 Å². The van der Waals surface area contributed by atoms with Crippen molar-refractivity contribution in [3.8, 4) is 33.6 Å². The van der Waals surface area contributed by atoms with Gasteiger partial charge in [0.05, 0.1) is 25.3 Å². The van der Waals surface area contributed by atoms with Gasteiger partial charge in [0.15, 0.2) is 23.1 Å². The number of carbonyl (C=O) groups excluding carboxylic acids is 1. The van der Waals surface area contributed by atoms with E-state index in [0.29, 0.717) is 38.7 Å². The second-order valence-corrected chi connectivity index (χ2v) is 9.21. The van der Waals surface area contributed by atoms with E-state index in [2.05, 4.69) is 15.3 Å². The van der Waals surface area contributed by atoms with Gasteiger partial charge in [0.2, 0.25) is 0 Å². The summed E-state index contributed by atoms with van der Waals surface area (Å²) in [4.78, 5) is 21.2. The molecule has 0 bridgehead atoms. The minimum Gasteiger partial charge on any atom is -0.493 e. The number of alkyl halides is 3. The van der Waals surface area contributed by atoms with E-state index in [1.807, 2.05) is 0 Å². The van der Waals surface area contributed by atoms with Crippen LogP contribution in [0.2, 0.25) is 0 Å². The Morgan fingerprint density at radius 3 is 2.30 bits per heavy atom. The number of rotatable bonds is 7. The van der Waals surface area contributed by atoms with Gasteiger partial charge in [-0.25, -0.2) is 9.37 Å². The Labute approximate surface area is 229 Å². The van der Waals surface area contributed by atoms with Crippen molar-refractivity contribution in [3.05, 3.63) is 89.3 Å². The molecule has 3 aromatic carbocycles. The number of fused-ring (bicyclic) bond motifs is 1. The minimum absolute atomic E-state index is 0.0354. The number of ether oxygens (including phenoxy) is 3. The molecule has 40 heavy (non-hydrogen) atoms. The molecule has 12 heteroatoms. The predicted octanol–water partition coefficient (Wildman–Crippen LogP) is 7.58. The van der Waals surface area contributed by atoms with Gasteiger partial charge >= 0.3 is 6.18 Å². The number of thiazole rings is 1. The quantitative estimate of drug-likeness (QED) is 0.204. The van der Waals surface area contributed by atoms with Crippen LogP contribution in [0.25, 0.3) is 21.5 Å². The number of anilines is 1. The van der Waals surface area contributed by atoms with E-state index in [9.17, 15) is 22.4 Å². The summed E-state index contributed by atoms with van der Waals surface area (Å²) < 4.78 is 69.8. The Morgan fingerprint density at radius 1 is 0.900 bits per heavy atom. The van der Waals surface area contributed by atoms with Crippen molar-refractivity contribution in [2.75, 3.05) is 19.5 Å². The molecule has 0 aliphatic rings. The van der Waals surface area contributed by atoms with Crippen LogP contribution in [0, 0.1) is 5.82 Å². The first-order chi connectivity index (χ1) is 19.2. The highest BCUT2D eigenvalue weighted by Crippen LogP contribution is 2.38. The second kappa shape index (κ2) is 10.8. The summed E-state index contributed by atoms with van der Waals surface area (Å²) in [6, 6.07) is 13.3. The number of benzene rings is 3. The van der Waals surface area contributed by atoms with Gasteiger partial charge in [-0.3, -0.25) is 9.78 Å². The molecule has 2 heterocycles. The van der Waals surface area contributed by atoms with Gasteiger partial charge in [-0.05, 0) is 36.4 Å². The average molecular weight is 570 g/mol. The lowest BCUT2D eigenvalue weighted by Crippen LogP contribution is -2.12. The van der Waals surface area contributed by atoms with Crippen LogP contribution in [0.1, 0.15) is 16.1 Å². The molecule has 5 aromatic rings. The van der Waals surface area contributed by atoms with Gasteiger partial charge in [0, 0.05) is 40.3 Å².